The molecule has 1 aromatic rings. The Labute approximate surface area is 104 Å². The van der Waals surface area contributed by atoms with Gasteiger partial charge < -0.3 is 10.2 Å². The van der Waals surface area contributed by atoms with Crippen LogP contribution in [0.25, 0.3) is 0 Å². The first-order valence-corrected chi connectivity index (χ1v) is 5.25. The number of hydroxylamine groups is 1. The molecule has 0 aliphatic rings. The minimum absolute atomic E-state index is 0.0892. The minimum atomic E-state index is -1.18. The molecule has 1 amide bonds. The van der Waals surface area contributed by atoms with Crippen LogP contribution in [0.4, 0.5) is 0 Å². The van der Waals surface area contributed by atoms with Gasteiger partial charge in [-0.2, -0.15) is 0 Å². The number of carbonyl (C=O) groups is 2. The predicted octanol–water partition coefficient (Wildman–Crippen LogP) is 1.55. The van der Waals surface area contributed by atoms with E-state index in [0.717, 1.165) is 12.1 Å². The van der Waals surface area contributed by atoms with Crippen molar-refractivity contribution in [3.63, 3.8) is 0 Å². The van der Waals surface area contributed by atoms with E-state index in [-0.39, 0.29) is 16.9 Å². The highest BCUT2D eigenvalue weighted by atomic mass is 16.7. The van der Waals surface area contributed by atoms with Gasteiger partial charge in [0.05, 0.1) is 16.7 Å². The Morgan fingerprint density at radius 2 is 1.89 bits per heavy atom. The molecule has 1 aromatic carbocycles. The zero-order chi connectivity index (χ0) is 13.9. The number of nitrogens with one attached hydrogen (secondary N) is 1. The summed E-state index contributed by atoms with van der Waals surface area (Å²) in [4.78, 5) is 27.5. The molecule has 98 valence electrons. The number of aromatic carboxylic acids is 1. The summed E-state index contributed by atoms with van der Waals surface area (Å²) >= 11 is 0. The van der Waals surface area contributed by atoms with Crippen molar-refractivity contribution in [2.45, 2.75) is 26.4 Å². The van der Waals surface area contributed by atoms with Gasteiger partial charge in [0.15, 0.2) is 0 Å². The molecular weight excluding hydrogens is 238 g/mol. The lowest BCUT2D eigenvalue weighted by Gasteiger charge is -2.19. The van der Waals surface area contributed by atoms with Gasteiger partial charge in [0, 0.05) is 0 Å². The summed E-state index contributed by atoms with van der Waals surface area (Å²) < 4.78 is 0. The third-order valence-electron chi connectivity index (χ3n) is 1.94. The van der Waals surface area contributed by atoms with Crippen molar-refractivity contribution in [2.75, 3.05) is 0 Å². The van der Waals surface area contributed by atoms with Gasteiger partial charge in [-0.3, -0.25) is 9.63 Å². The highest BCUT2D eigenvalue weighted by molar-refractivity contribution is 5.99. The van der Waals surface area contributed by atoms with Gasteiger partial charge in [0.2, 0.25) is 0 Å². The molecule has 0 saturated carbocycles. The summed E-state index contributed by atoms with van der Waals surface area (Å²) in [5.74, 6) is -2.19. The SMILES string of the molecule is CC(C)(C)ONC(=O)c1cc(C(=O)O)ccc1O. The number of benzene rings is 1. The predicted molar refractivity (Wildman–Crippen MR) is 63.4 cm³/mol. The number of hydrogen-bond acceptors (Lipinski definition) is 4. The van der Waals surface area contributed by atoms with Crippen molar-refractivity contribution < 1.29 is 24.6 Å². The van der Waals surface area contributed by atoms with Crippen LogP contribution in [0, 0.1) is 0 Å². The Bertz CT molecular complexity index is 476. The van der Waals surface area contributed by atoms with E-state index >= 15 is 0 Å². The summed E-state index contributed by atoms with van der Waals surface area (Å²) in [5, 5.41) is 18.3. The summed E-state index contributed by atoms with van der Waals surface area (Å²) in [7, 11) is 0. The molecule has 6 nitrogen and oxygen atoms in total. The normalized spacial score (nSPS) is 11.1. The fraction of sp³-hybridized carbons (Fsp3) is 0.333. The van der Waals surface area contributed by atoms with Crippen LogP contribution < -0.4 is 5.48 Å². The van der Waals surface area contributed by atoms with Gasteiger partial charge in [-0.25, -0.2) is 10.3 Å². The summed E-state index contributed by atoms with van der Waals surface area (Å²) in [6.07, 6.45) is 0. The van der Waals surface area contributed by atoms with Crippen LogP contribution in [0.1, 0.15) is 41.5 Å². The average molecular weight is 253 g/mol. The summed E-state index contributed by atoms with van der Waals surface area (Å²) in [5.41, 5.74) is 1.32. The molecule has 0 aliphatic heterocycles. The Hall–Kier alpha value is -2.08. The van der Waals surface area contributed by atoms with E-state index in [9.17, 15) is 14.7 Å². The van der Waals surface area contributed by atoms with Crippen LogP contribution in [-0.2, 0) is 4.84 Å². The molecule has 3 N–H and O–H groups in total. The van der Waals surface area contributed by atoms with Crippen LogP contribution in [0.2, 0.25) is 0 Å². The molecule has 0 saturated heterocycles. The van der Waals surface area contributed by atoms with Gasteiger partial charge in [-0.1, -0.05) is 0 Å². The van der Waals surface area contributed by atoms with Crippen molar-refractivity contribution in [1.29, 1.82) is 0 Å². The number of amides is 1. The lowest BCUT2D eigenvalue weighted by Crippen LogP contribution is -2.33. The number of aromatic hydroxyl groups is 1. The lowest BCUT2D eigenvalue weighted by atomic mass is 10.1. The molecule has 0 radical (unpaired) electrons. The smallest absolute Gasteiger partial charge is 0.335 e. The number of hydrogen-bond donors (Lipinski definition) is 3. The topological polar surface area (TPSA) is 95.9 Å². The fourth-order valence-electron chi connectivity index (χ4n) is 1.11. The summed E-state index contributed by atoms with van der Waals surface area (Å²) in [6, 6.07) is 3.44. The Balaban J connectivity index is 2.91. The van der Waals surface area contributed by atoms with Crippen LogP contribution in [0.3, 0.4) is 0 Å². The van der Waals surface area contributed by atoms with Gasteiger partial charge in [-0.15, -0.1) is 0 Å². The quantitative estimate of drug-likeness (QED) is 0.710. The maximum Gasteiger partial charge on any atom is 0.335 e. The number of phenolic OH excluding ortho intramolecular Hbond substituents is 1. The van der Waals surface area contributed by atoms with Crippen molar-refractivity contribution in [1.82, 2.24) is 5.48 Å². The molecule has 0 aliphatic carbocycles. The van der Waals surface area contributed by atoms with Crippen molar-refractivity contribution in [2.24, 2.45) is 0 Å². The second-order valence-electron chi connectivity index (χ2n) is 4.68. The largest absolute Gasteiger partial charge is 0.507 e. The molecular formula is C12H15NO5. The van der Waals surface area contributed by atoms with Gasteiger partial charge >= 0.3 is 5.97 Å². The van der Waals surface area contributed by atoms with Gasteiger partial charge in [0.25, 0.3) is 5.91 Å². The first-order valence-electron chi connectivity index (χ1n) is 5.25. The van der Waals surface area contributed by atoms with Crippen LogP contribution in [-0.4, -0.2) is 27.7 Å². The maximum absolute atomic E-state index is 11.7. The number of carboxylic acid groups (broad SMARTS) is 1. The molecule has 18 heavy (non-hydrogen) atoms. The second-order valence-corrected chi connectivity index (χ2v) is 4.68. The van der Waals surface area contributed by atoms with Gasteiger partial charge in [-0.05, 0) is 39.0 Å². The third-order valence-corrected chi connectivity index (χ3v) is 1.94. The number of carboxylic acids is 1. The highest BCUT2D eigenvalue weighted by Gasteiger charge is 2.17. The fourth-order valence-corrected chi connectivity index (χ4v) is 1.11. The number of phenols is 1. The highest BCUT2D eigenvalue weighted by Crippen LogP contribution is 2.19. The number of rotatable bonds is 3. The standard InChI is InChI=1S/C12H15NO5/c1-12(2,3)18-13-10(15)8-6-7(11(16)17)4-5-9(8)14/h4-6,14H,1-3H3,(H,13,15)(H,16,17). The molecule has 1 rings (SSSR count). The molecule has 0 unspecified atom stereocenters. The zero-order valence-corrected chi connectivity index (χ0v) is 10.4. The maximum atomic E-state index is 11.7. The zero-order valence-electron chi connectivity index (χ0n) is 10.4. The lowest BCUT2D eigenvalue weighted by molar-refractivity contribution is -0.0590. The summed E-state index contributed by atoms with van der Waals surface area (Å²) in [6.45, 7) is 5.21. The van der Waals surface area contributed by atoms with Crippen LogP contribution in [0.15, 0.2) is 18.2 Å². The molecule has 0 heterocycles. The molecule has 0 spiro atoms. The Kier molecular flexibility index (Phi) is 3.93. The monoisotopic (exact) mass is 253 g/mol. The third kappa shape index (κ3) is 3.74. The second kappa shape index (κ2) is 5.05. The molecule has 0 atom stereocenters. The molecule has 0 aromatic heterocycles. The van der Waals surface area contributed by atoms with E-state index in [1.165, 1.54) is 6.07 Å². The Morgan fingerprint density at radius 1 is 1.28 bits per heavy atom. The number of carbonyl (C=O) groups excluding carboxylic acids is 1. The van der Waals surface area contributed by atoms with E-state index in [1.54, 1.807) is 20.8 Å². The van der Waals surface area contributed by atoms with Crippen molar-refractivity contribution in [3.05, 3.63) is 29.3 Å². The molecule has 0 bridgehead atoms. The van der Waals surface area contributed by atoms with E-state index in [4.69, 9.17) is 9.94 Å². The van der Waals surface area contributed by atoms with Gasteiger partial charge in [0.1, 0.15) is 5.75 Å². The first-order chi connectivity index (χ1) is 8.20. The van der Waals surface area contributed by atoms with E-state index in [2.05, 4.69) is 5.48 Å². The Morgan fingerprint density at radius 3 is 2.39 bits per heavy atom. The van der Waals surface area contributed by atoms with E-state index in [1.807, 2.05) is 0 Å². The molecule has 0 fully saturated rings. The van der Waals surface area contributed by atoms with E-state index < -0.39 is 17.5 Å². The van der Waals surface area contributed by atoms with Crippen LogP contribution in [0.5, 0.6) is 5.75 Å². The molecule has 6 heteroatoms. The van der Waals surface area contributed by atoms with E-state index in [0.29, 0.717) is 0 Å². The average Bonchev–Trinajstić information content (AvgIpc) is 2.25. The minimum Gasteiger partial charge on any atom is -0.507 e. The first kappa shape index (κ1) is 14.0. The van der Waals surface area contributed by atoms with Crippen molar-refractivity contribution in [3.8, 4) is 5.75 Å². The van der Waals surface area contributed by atoms with Crippen molar-refractivity contribution >= 4 is 11.9 Å². The van der Waals surface area contributed by atoms with Crippen LogP contribution >= 0.6 is 0 Å².